The van der Waals surface area contributed by atoms with Gasteiger partial charge in [-0.1, -0.05) is 25.9 Å². The van der Waals surface area contributed by atoms with Crippen molar-refractivity contribution in [2.75, 3.05) is 11.5 Å². The maximum atomic E-state index is 6.04. The fraction of sp³-hybridized carbons (Fsp3) is 0.833. The van der Waals surface area contributed by atoms with Crippen molar-refractivity contribution >= 4 is 23.5 Å². The minimum atomic E-state index is -0.160. The number of hydrogen-bond donors (Lipinski definition) is 1. The zero-order valence-corrected chi connectivity index (χ0v) is 12.8. The molecule has 18 heavy (non-hydrogen) atoms. The lowest BCUT2D eigenvalue weighted by Gasteiger charge is -2.27. The zero-order chi connectivity index (χ0) is 13.1. The molecule has 1 saturated heterocycles. The third-order valence-corrected chi connectivity index (χ3v) is 6.41. The van der Waals surface area contributed by atoms with Crippen LogP contribution in [-0.4, -0.2) is 26.9 Å². The highest BCUT2D eigenvalue weighted by Crippen LogP contribution is 2.43. The Morgan fingerprint density at radius 2 is 2.11 bits per heavy atom. The van der Waals surface area contributed by atoms with Gasteiger partial charge in [-0.05, 0) is 12.3 Å². The Hall–Kier alpha value is -0.200. The molecule has 1 aliphatic heterocycles. The van der Waals surface area contributed by atoms with E-state index in [0.717, 1.165) is 18.0 Å². The predicted octanol–water partition coefficient (Wildman–Crippen LogP) is 3.03. The maximum Gasteiger partial charge on any atom is 0.243 e. The van der Waals surface area contributed by atoms with Crippen LogP contribution >= 0.6 is 23.5 Å². The molecule has 2 heterocycles. The van der Waals surface area contributed by atoms with Crippen molar-refractivity contribution in [2.24, 2.45) is 11.7 Å². The van der Waals surface area contributed by atoms with Gasteiger partial charge in [-0.3, -0.25) is 0 Å². The summed E-state index contributed by atoms with van der Waals surface area (Å²) in [5, 5.41) is 5.08. The van der Waals surface area contributed by atoms with Gasteiger partial charge in [-0.2, -0.15) is 16.7 Å². The van der Waals surface area contributed by atoms with Gasteiger partial charge in [0.15, 0.2) is 5.82 Å². The van der Waals surface area contributed by atoms with E-state index in [1.165, 1.54) is 5.75 Å². The first kappa shape index (κ1) is 14.2. The summed E-state index contributed by atoms with van der Waals surface area (Å²) in [6.07, 6.45) is 1.14. The van der Waals surface area contributed by atoms with Gasteiger partial charge >= 0.3 is 0 Å². The summed E-state index contributed by atoms with van der Waals surface area (Å²) in [6, 6.07) is -0.160. The fourth-order valence-corrected chi connectivity index (χ4v) is 4.91. The number of nitrogens with zero attached hydrogens (tertiary/aromatic N) is 2. The molecular weight excluding hydrogens is 266 g/mol. The number of nitrogens with two attached hydrogens (primary N) is 1. The maximum absolute atomic E-state index is 6.04. The number of thioether (sulfide) groups is 2. The van der Waals surface area contributed by atoms with Gasteiger partial charge in [0.2, 0.25) is 5.89 Å². The van der Waals surface area contributed by atoms with Crippen LogP contribution in [0.2, 0.25) is 0 Å². The summed E-state index contributed by atoms with van der Waals surface area (Å²) in [4.78, 5) is 4.52. The quantitative estimate of drug-likeness (QED) is 0.918. The molecule has 0 bridgehead atoms. The van der Waals surface area contributed by atoms with E-state index in [-0.39, 0.29) is 6.04 Å². The predicted molar refractivity (Wildman–Crippen MR) is 77.8 cm³/mol. The average Bonchev–Trinajstić information content (AvgIpc) is 2.87. The first-order valence-electron chi connectivity index (χ1n) is 6.45. The summed E-state index contributed by atoms with van der Waals surface area (Å²) in [7, 11) is 0. The molecule has 0 amide bonds. The van der Waals surface area contributed by atoms with Crippen molar-refractivity contribution in [3.63, 3.8) is 0 Å². The summed E-state index contributed by atoms with van der Waals surface area (Å²) < 4.78 is 5.33. The molecule has 0 aromatic carbocycles. The Balaban J connectivity index is 2.13. The molecule has 0 aliphatic carbocycles. The highest BCUT2D eigenvalue weighted by Gasteiger charge is 2.31. The Kier molecular flexibility index (Phi) is 4.98. The van der Waals surface area contributed by atoms with E-state index in [4.69, 9.17) is 10.3 Å². The molecule has 1 fully saturated rings. The molecule has 0 saturated carbocycles. The van der Waals surface area contributed by atoms with E-state index in [9.17, 15) is 0 Å². The van der Waals surface area contributed by atoms with Gasteiger partial charge < -0.3 is 10.3 Å². The van der Waals surface area contributed by atoms with E-state index >= 15 is 0 Å². The van der Waals surface area contributed by atoms with Gasteiger partial charge in [0.05, 0.1) is 11.3 Å². The van der Waals surface area contributed by atoms with Crippen LogP contribution in [0.3, 0.4) is 0 Å². The average molecular weight is 287 g/mol. The first-order chi connectivity index (χ1) is 8.63. The van der Waals surface area contributed by atoms with Crippen LogP contribution in [0.15, 0.2) is 4.52 Å². The van der Waals surface area contributed by atoms with E-state index in [1.54, 1.807) is 0 Å². The minimum absolute atomic E-state index is 0.160. The molecule has 2 unspecified atom stereocenters. The molecule has 1 aromatic rings. The molecule has 0 spiro atoms. The Morgan fingerprint density at radius 3 is 2.78 bits per heavy atom. The molecule has 2 N–H and O–H groups in total. The fourth-order valence-electron chi connectivity index (χ4n) is 1.93. The summed E-state index contributed by atoms with van der Waals surface area (Å²) >= 11 is 3.95. The monoisotopic (exact) mass is 287 g/mol. The lowest BCUT2D eigenvalue weighted by molar-refractivity contribution is 0.322. The molecule has 4 nitrogen and oxygen atoms in total. The van der Waals surface area contributed by atoms with Gasteiger partial charge in [0.1, 0.15) is 0 Å². The normalized spacial score (nSPS) is 26.5. The lowest BCUT2D eigenvalue weighted by Crippen LogP contribution is -2.20. The van der Waals surface area contributed by atoms with Gasteiger partial charge in [-0.15, -0.1) is 11.8 Å². The molecule has 6 heteroatoms. The van der Waals surface area contributed by atoms with Crippen molar-refractivity contribution in [3.05, 3.63) is 11.7 Å². The summed E-state index contributed by atoms with van der Waals surface area (Å²) in [6.45, 7) is 6.35. The molecule has 0 radical (unpaired) electrons. The molecule has 1 aliphatic rings. The van der Waals surface area contributed by atoms with Gasteiger partial charge in [0, 0.05) is 16.8 Å². The second-order valence-electron chi connectivity index (χ2n) is 4.87. The molecular formula is C12H21N3OS2. The SMILES string of the molecule is CCC1SCCSC1c1noc([C@@H](N)C(C)C)n1. The minimum Gasteiger partial charge on any atom is -0.338 e. The standard InChI is InChI=1S/C12H21N3OS2/c1-4-8-10(18-6-5-17-8)11-14-12(16-15-11)9(13)7(2)3/h7-10H,4-6,13H2,1-3H3/t8?,9-,10?/m0/s1. The largest absolute Gasteiger partial charge is 0.338 e. The highest BCUT2D eigenvalue weighted by molar-refractivity contribution is 8.06. The van der Waals surface area contributed by atoms with Crippen LogP contribution in [0.1, 0.15) is 50.2 Å². The van der Waals surface area contributed by atoms with Crippen LogP contribution in [0.25, 0.3) is 0 Å². The van der Waals surface area contributed by atoms with Crippen molar-refractivity contribution in [1.82, 2.24) is 10.1 Å². The van der Waals surface area contributed by atoms with Crippen LogP contribution < -0.4 is 5.73 Å². The van der Waals surface area contributed by atoms with Crippen LogP contribution in [-0.2, 0) is 0 Å². The van der Waals surface area contributed by atoms with Crippen molar-refractivity contribution < 1.29 is 4.52 Å². The molecule has 102 valence electrons. The second-order valence-corrected chi connectivity index (χ2v) is 7.47. The van der Waals surface area contributed by atoms with Crippen molar-refractivity contribution in [1.29, 1.82) is 0 Å². The van der Waals surface area contributed by atoms with E-state index < -0.39 is 0 Å². The summed E-state index contributed by atoms with van der Waals surface area (Å²) in [5.74, 6) is 4.09. The van der Waals surface area contributed by atoms with Crippen LogP contribution in [0.4, 0.5) is 0 Å². The van der Waals surface area contributed by atoms with Crippen LogP contribution in [0.5, 0.6) is 0 Å². The highest BCUT2D eigenvalue weighted by atomic mass is 32.2. The molecule has 2 rings (SSSR count). The third-order valence-electron chi connectivity index (χ3n) is 3.17. The topological polar surface area (TPSA) is 64.9 Å². The second kappa shape index (κ2) is 6.30. The van der Waals surface area contributed by atoms with Crippen molar-refractivity contribution in [3.8, 4) is 0 Å². The first-order valence-corrected chi connectivity index (χ1v) is 8.55. The van der Waals surface area contributed by atoms with Crippen LogP contribution in [0, 0.1) is 5.92 Å². The van der Waals surface area contributed by atoms with Gasteiger partial charge in [-0.25, -0.2) is 0 Å². The van der Waals surface area contributed by atoms with E-state index in [1.807, 2.05) is 23.5 Å². The Morgan fingerprint density at radius 1 is 1.39 bits per heavy atom. The number of hydrogen-bond acceptors (Lipinski definition) is 6. The number of rotatable bonds is 4. The zero-order valence-electron chi connectivity index (χ0n) is 11.1. The molecule has 1 aromatic heterocycles. The lowest BCUT2D eigenvalue weighted by atomic mass is 10.1. The van der Waals surface area contributed by atoms with Gasteiger partial charge in [0.25, 0.3) is 0 Å². The summed E-state index contributed by atoms with van der Waals surface area (Å²) in [5.41, 5.74) is 6.04. The van der Waals surface area contributed by atoms with Crippen molar-refractivity contribution in [2.45, 2.75) is 43.7 Å². The Labute approximate surface area is 117 Å². The smallest absolute Gasteiger partial charge is 0.243 e. The molecule has 3 atom stereocenters. The number of aromatic nitrogens is 2. The Bertz CT molecular complexity index is 383. The third kappa shape index (κ3) is 3.03. The van der Waals surface area contributed by atoms with E-state index in [0.29, 0.717) is 22.3 Å². The van der Waals surface area contributed by atoms with E-state index in [2.05, 4.69) is 30.9 Å².